The van der Waals surface area contributed by atoms with Gasteiger partial charge in [0.1, 0.15) is 0 Å². The molecule has 0 saturated carbocycles. The SMILES string of the molecule is CCCCCCCCCCCCCC=C(C)CCCCCC. The Hall–Kier alpha value is -0.260. The third-order valence-electron chi connectivity index (χ3n) is 4.73. The van der Waals surface area contributed by atoms with E-state index in [2.05, 4.69) is 26.8 Å². The molecule has 132 valence electrons. The monoisotopic (exact) mass is 308 g/mol. The van der Waals surface area contributed by atoms with Gasteiger partial charge in [-0.1, -0.05) is 109 Å². The van der Waals surface area contributed by atoms with Crippen LogP contribution in [0.15, 0.2) is 11.6 Å². The average Bonchev–Trinajstić information content (AvgIpc) is 2.52. The summed E-state index contributed by atoms with van der Waals surface area (Å²) < 4.78 is 0. The highest BCUT2D eigenvalue weighted by Crippen LogP contribution is 2.14. The van der Waals surface area contributed by atoms with Crippen LogP contribution in [0.3, 0.4) is 0 Å². The summed E-state index contributed by atoms with van der Waals surface area (Å²) in [6.45, 7) is 6.91. The van der Waals surface area contributed by atoms with E-state index >= 15 is 0 Å². The fourth-order valence-electron chi connectivity index (χ4n) is 3.09. The van der Waals surface area contributed by atoms with Crippen LogP contribution in [0.4, 0.5) is 0 Å². The van der Waals surface area contributed by atoms with Crippen LogP contribution in [0.2, 0.25) is 0 Å². The Kier molecular flexibility index (Phi) is 18.6. The van der Waals surface area contributed by atoms with Crippen LogP contribution in [0, 0.1) is 0 Å². The van der Waals surface area contributed by atoms with Crippen LogP contribution in [0.25, 0.3) is 0 Å². The van der Waals surface area contributed by atoms with Gasteiger partial charge in [0.25, 0.3) is 0 Å². The van der Waals surface area contributed by atoms with Crippen LogP contribution in [-0.4, -0.2) is 0 Å². The van der Waals surface area contributed by atoms with Crippen LogP contribution < -0.4 is 0 Å². The first-order valence-corrected chi connectivity index (χ1v) is 10.5. The minimum Gasteiger partial charge on any atom is -0.0856 e. The lowest BCUT2D eigenvalue weighted by Gasteiger charge is -2.03. The molecule has 0 atom stereocenters. The second-order valence-corrected chi connectivity index (χ2v) is 7.19. The summed E-state index contributed by atoms with van der Waals surface area (Å²) >= 11 is 0. The van der Waals surface area contributed by atoms with Gasteiger partial charge in [0.05, 0.1) is 0 Å². The summed E-state index contributed by atoms with van der Waals surface area (Å²) in [5.41, 5.74) is 1.63. The van der Waals surface area contributed by atoms with Crippen molar-refractivity contribution in [1.29, 1.82) is 0 Å². The van der Waals surface area contributed by atoms with E-state index in [1.54, 1.807) is 5.57 Å². The van der Waals surface area contributed by atoms with Crippen molar-refractivity contribution >= 4 is 0 Å². The second kappa shape index (κ2) is 18.8. The van der Waals surface area contributed by atoms with Crippen molar-refractivity contribution in [3.63, 3.8) is 0 Å². The quantitative estimate of drug-likeness (QED) is 0.186. The van der Waals surface area contributed by atoms with Crippen molar-refractivity contribution in [3.05, 3.63) is 11.6 Å². The molecule has 0 aliphatic heterocycles. The summed E-state index contributed by atoms with van der Waals surface area (Å²) in [5.74, 6) is 0. The third-order valence-corrected chi connectivity index (χ3v) is 4.73. The highest BCUT2D eigenvalue weighted by Gasteiger charge is 1.94. The largest absolute Gasteiger partial charge is 0.0856 e. The van der Waals surface area contributed by atoms with E-state index in [4.69, 9.17) is 0 Å². The lowest BCUT2D eigenvalue weighted by molar-refractivity contribution is 0.550. The van der Waals surface area contributed by atoms with Crippen molar-refractivity contribution in [2.45, 2.75) is 130 Å². The molecule has 0 N–H and O–H groups in total. The number of hydrogen-bond donors (Lipinski definition) is 0. The predicted octanol–water partition coefficient (Wildman–Crippen LogP) is 8.60. The van der Waals surface area contributed by atoms with Crippen LogP contribution in [0.5, 0.6) is 0 Å². The minimum absolute atomic E-state index is 1.32. The predicted molar refractivity (Wildman–Crippen MR) is 104 cm³/mol. The van der Waals surface area contributed by atoms with Gasteiger partial charge >= 0.3 is 0 Å². The third kappa shape index (κ3) is 17.8. The van der Waals surface area contributed by atoms with E-state index in [1.165, 1.54) is 109 Å². The molecule has 0 aromatic heterocycles. The normalized spacial score (nSPS) is 12.0. The number of unbranched alkanes of at least 4 members (excludes halogenated alkanes) is 14. The van der Waals surface area contributed by atoms with E-state index in [0.29, 0.717) is 0 Å². The fraction of sp³-hybridized carbons (Fsp3) is 0.909. The molecular formula is C22H44. The van der Waals surface area contributed by atoms with Crippen LogP contribution >= 0.6 is 0 Å². The molecule has 0 spiro atoms. The van der Waals surface area contributed by atoms with Crippen molar-refractivity contribution in [3.8, 4) is 0 Å². The molecule has 0 saturated heterocycles. The molecule has 0 fully saturated rings. The molecule has 0 aliphatic rings. The molecule has 0 rings (SSSR count). The van der Waals surface area contributed by atoms with E-state index in [9.17, 15) is 0 Å². The van der Waals surface area contributed by atoms with Crippen molar-refractivity contribution in [2.75, 3.05) is 0 Å². The Morgan fingerprint density at radius 2 is 0.955 bits per heavy atom. The average molecular weight is 309 g/mol. The maximum Gasteiger partial charge on any atom is -0.0323 e. The van der Waals surface area contributed by atoms with Gasteiger partial charge in [-0.2, -0.15) is 0 Å². The Labute approximate surface area is 142 Å². The Balaban J connectivity index is 3.18. The van der Waals surface area contributed by atoms with Gasteiger partial charge in [-0.15, -0.1) is 0 Å². The first kappa shape index (κ1) is 21.7. The maximum absolute atomic E-state index is 2.50. The maximum atomic E-state index is 2.50. The lowest BCUT2D eigenvalue weighted by Crippen LogP contribution is -1.83. The molecule has 0 bridgehead atoms. The first-order chi connectivity index (χ1) is 10.8. The standard InChI is InChI=1S/C22H44/c1-4-6-8-10-11-12-13-14-15-16-17-19-21-22(3)20-18-9-7-5-2/h21H,4-20H2,1-3H3. The minimum atomic E-state index is 1.32. The number of allylic oxidation sites excluding steroid dienone is 2. The topological polar surface area (TPSA) is 0 Å². The zero-order valence-corrected chi connectivity index (χ0v) is 16.1. The Morgan fingerprint density at radius 1 is 0.545 bits per heavy atom. The molecule has 22 heavy (non-hydrogen) atoms. The Morgan fingerprint density at radius 3 is 1.45 bits per heavy atom. The zero-order chi connectivity index (χ0) is 16.3. The molecule has 0 heterocycles. The van der Waals surface area contributed by atoms with Crippen LogP contribution in [-0.2, 0) is 0 Å². The molecule has 0 radical (unpaired) electrons. The van der Waals surface area contributed by atoms with Gasteiger partial charge in [-0.05, 0) is 32.6 Å². The van der Waals surface area contributed by atoms with Gasteiger partial charge < -0.3 is 0 Å². The highest BCUT2D eigenvalue weighted by molar-refractivity contribution is 4.97. The second-order valence-electron chi connectivity index (χ2n) is 7.19. The Bertz CT molecular complexity index is 226. The van der Waals surface area contributed by atoms with E-state index in [0.717, 1.165) is 0 Å². The zero-order valence-electron chi connectivity index (χ0n) is 16.1. The summed E-state index contributed by atoms with van der Waals surface area (Å²) in [4.78, 5) is 0. The summed E-state index contributed by atoms with van der Waals surface area (Å²) in [7, 11) is 0. The molecule has 0 aliphatic carbocycles. The summed E-state index contributed by atoms with van der Waals surface area (Å²) in [6.07, 6.45) is 26.6. The fourth-order valence-corrected chi connectivity index (χ4v) is 3.09. The van der Waals surface area contributed by atoms with Crippen LogP contribution in [0.1, 0.15) is 130 Å². The highest BCUT2D eigenvalue weighted by atomic mass is 14.0. The van der Waals surface area contributed by atoms with Gasteiger partial charge in [0.15, 0.2) is 0 Å². The van der Waals surface area contributed by atoms with Gasteiger partial charge in [0.2, 0.25) is 0 Å². The molecule has 0 aromatic carbocycles. The van der Waals surface area contributed by atoms with Gasteiger partial charge in [-0.25, -0.2) is 0 Å². The van der Waals surface area contributed by atoms with E-state index < -0.39 is 0 Å². The van der Waals surface area contributed by atoms with E-state index in [1.807, 2.05) is 0 Å². The first-order valence-electron chi connectivity index (χ1n) is 10.5. The summed E-state index contributed by atoms with van der Waals surface area (Å²) in [5, 5.41) is 0. The van der Waals surface area contributed by atoms with Gasteiger partial charge in [-0.3, -0.25) is 0 Å². The van der Waals surface area contributed by atoms with E-state index in [-0.39, 0.29) is 0 Å². The van der Waals surface area contributed by atoms with Crippen molar-refractivity contribution in [1.82, 2.24) is 0 Å². The molecule has 0 unspecified atom stereocenters. The van der Waals surface area contributed by atoms with Crippen molar-refractivity contribution < 1.29 is 0 Å². The summed E-state index contributed by atoms with van der Waals surface area (Å²) in [6, 6.07) is 0. The molecule has 0 heteroatoms. The lowest BCUT2D eigenvalue weighted by atomic mass is 10.0. The number of rotatable bonds is 17. The molecule has 0 amide bonds. The molecule has 0 nitrogen and oxygen atoms in total. The smallest absolute Gasteiger partial charge is 0.0323 e. The van der Waals surface area contributed by atoms with Crippen molar-refractivity contribution in [2.24, 2.45) is 0 Å². The molecule has 0 aromatic rings. The van der Waals surface area contributed by atoms with Gasteiger partial charge in [0, 0.05) is 0 Å². The number of hydrogen-bond acceptors (Lipinski definition) is 0. The molecular weight excluding hydrogens is 264 g/mol.